The summed E-state index contributed by atoms with van der Waals surface area (Å²) >= 11 is 0. The topological polar surface area (TPSA) is 64.7 Å². The number of carbonyl (C=O) groups is 1. The molecule has 3 aromatic rings. The molecule has 0 fully saturated rings. The van der Waals surface area contributed by atoms with Crippen LogP contribution < -0.4 is 5.32 Å². The minimum Gasteiger partial charge on any atom is -0.322 e. The number of nitrogens with zero attached hydrogens (tertiary/aromatic N) is 4. The van der Waals surface area contributed by atoms with Gasteiger partial charge in [0.05, 0.1) is 18.4 Å². The summed E-state index contributed by atoms with van der Waals surface area (Å²) in [6, 6.07) is 8.37. The summed E-state index contributed by atoms with van der Waals surface area (Å²) in [6.45, 7) is 1.85. The summed E-state index contributed by atoms with van der Waals surface area (Å²) in [5, 5.41) is 10.0. The Bertz CT molecular complexity index is 967. The van der Waals surface area contributed by atoms with Gasteiger partial charge < -0.3 is 5.32 Å². The Morgan fingerprint density at radius 3 is 2.61 bits per heavy atom. The van der Waals surface area contributed by atoms with Crippen LogP contribution in [0.1, 0.15) is 35.4 Å². The van der Waals surface area contributed by atoms with Crippen LogP contribution in [0.2, 0.25) is 0 Å². The average molecular weight is 395 g/mol. The number of amides is 1. The highest BCUT2D eigenvalue weighted by molar-refractivity contribution is 5.90. The van der Waals surface area contributed by atoms with E-state index in [4.69, 9.17) is 0 Å². The van der Waals surface area contributed by atoms with E-state index in [1.54, 1.807) is 10.9 Å². The van der Waals surface area contributed by atoms with Crippen molar-refractivity contribution in [1.82, 2.24) is 19.6 Å². The van der Waals surface area contributed by atoms with E-state index in [0.717, 1.165) is 11.1 Å². The van der Waals surface area contributed by atoms with Crippen LogP contribution in [0.4, 0.5) is 23.2 Å². The molecule has 1 N–H and O–H groups in total. The van der Waals surface area contributed by atoms with E-state index >= 15 is 0 Å². The van der Waals surface area contributed by atoms with Crippen LogP contribution >= 0.6 is 0 Å². The molecule has 28 heavy (non-hydrogen) atoms. The summed E-state index contributed by atoms with van der Waals surface area (Å²) in [5.41, 5.74) is 0.978. The maximum atomic E-state index is 13.0. The van der Waals surface area contributed by atoms with Gasteiger partial charge in [0.1, 0.15) is 17.9 Å². The largest absolute Gasteiger partial charge is 0.322 e. The molecule has 2 heterocycles. The molecule has 0 atom stereocenters. The maximum absolute atomic E-state index is 13.0. The summed E-state index contributed by atoms with van der Waals surface area (Å²) in [5.74, 6) is -0.679. The Labute approximate surface area is 157 Å². The SMILES string of the molecule is Cc1ccccc1Cn1cc(NC(=O)Cn2nc(C(F)F)cc2C(F)F)cn1. The van der Waals surface area contributed by atoms with E-state index in [9.17, 15) is 22.4 Å². The van der Waals surface area contributed by atoms with Crippen LogP contribution in [0, 0.1) is 6.92 Å². The van der Waals surface area contributed by atoms with Crippen LogP contribution in [-0.2, 0) is 17.9 Å². The van der Waals surface area contributed by atoms with E-state index < -0.39 is 36.7 Å². The number of carbonyl (C=O) groups excluding carboxylic acids is 1. The number of hydrogen-bond donors (Lipinski definition) is 1. The van der Waals surface area contributed by atoms with Crippen molar-refractivity contribution in [3.8, 4) is 0 Å². The van der Waals surface area contributed by atoms with Gasteiger partial charge in [0.2, 0.25) is 5.91 Å². The first-order valence-corrected chi connectivity index (χ1v) is 8.34. The third-order valence-corrected chi connectivity index (χ3v) is 4.08. The molecule has 3 rings (SSSR count). The fourth-order valence-electron chi connectivity index (χ4n) is 2.67. The summed E-state index contributed by atoms with van der Waals surface area (Å²) in [6.07, 6.45) is -3.02. The van der Waals surface area contributed by atoms with Gasteiger partial charge in [0.25, 0.3) is 12.9 Å². The normalized spacial score (nSPS) is 11.4. The van der Waals surface area contributed by atoms with Crippen molar-refractivity contribution in [2.24, 2.45) is 0 Å². The summed E-state index contributed by atoms with van der Waals surface area (Å²) in [7, 11) is 0. The Morgan fingerprint density at radius 2 is 1.93 bits per heavy atom. The summed E-state index contributed by atoms with van der Waals surface area (Å²) < 4.78 is 53.5. The quantitative estimate of drug-likeness (QED) is 0.616. The molecule has 10 heteroatoms. The zero-order valence-electron chi connectivity index (χ0n) is 14.8. The first-order chi connectivity index (χ1) is 13.3. The molecule has 1 amide bonds. The smallest absolute Gasteiger partial charge is 0.282 e. The molecular formula is C18H17F4N5O. The molecule has 0 aliphatic rings. The van der Waals surface area contributed by atoms with Crippen LogP contribution in [0.3, 0.4) is 0 Å². The Morgan fingerprint density at radius 1 is 1.18 bits per heavy atom. The lowest BCUT2D eigenvalue weighted by molar-refractivity contribution is -0.117. The monoisotopic (exact) mass is 395 g/mol. The molecule has 0 bridgehead atoms. The number of alkyl halides is 4. The highest BCUT2D eigenvalue weighted by Gasteiger charge is 2.22. The fourth-order valence-corrected chi connectivity index (χ4v) is 2.67. The van der Waals surface area contributed by atoms with Gasteiger partial charge in [-0.25, -0.2) is 17.6 Å². The zero-order valence-corrected chi connectivity index (χ0v) is 14.8. The number of anilines is 1. The van der Waals surface area contributed by atoms with Crippen molar-refractivity contribution in [1.29, 1.82) is 0 Å². The van der Waals surface area contributed by atoms with Gasteiger partial charge in [0.15, 0.2) is 0 Å². The highest BCUT2D eigenvalue weighted by Crippen LogP contribution is 2.25. The number of halogens is 4. The Kier molecular flexibility index (Phi) is 5.76. The molecule has 148 valence electrons. The minimum absolute atomic E-state index is 0.360. The van der Waals surface area contributed by atoms with Crippen molar-refractivity contribution >= 4 is 11.6 Å². The standard InChI is InChI=1S/C18H17F4N5O/c1-11-4-2-3-5-12(11)8-26-9-13(7-23-26)24-16(28)10-27-15(18(21)22)6-14(25-27)17(19)20/h2-7,9,17-18H,8,10H2,1H3,(H,24,28). The third-order valence-electron chi connectivity index (χ3n) is 4.08. The number of nitrogens with one attached hydrogen (secondary N) is 1. The molecule has 0 spiro atoms. The number of benzene rings is 1. The van der Waals surface area contributed by atoms with Crippen LogP contribution in [-0.4, -0.2) is 25.5 Å². The third kappa shape index (κ3) is 4.56. The van der Waals surface area contributed by atoms with Crippen molar-refractivity contribution in [3.63, 3.8) is 0 Å². The van der Waals surface area contributed by atoms with E-state index in [1.807, 2.05) is 31.2 Å². The second kappa shape index (κ2) is 8.24. The second-order valence-corrected chi connectivity index (χ2v) is 6.15. The van der Waals surface area contributed by atoms with Crippen molar-refractivity contribution in [2.45, 2.75) is 32.9 Å². The molecule has 0 aliphatic carbocycles. The first-order valence-electron chi connectivity index (χ1n) is 8.34. The minimum atomic E-state index is -3.02. The predicted octanol–water partition coefficient (Wildman–Crippen LogP) is 3.95. The molecule has 0 radical (unpaired) electrons. The van der Waals surface area contributed by atoms with E-state index in [-0.39, 0.29) is 0 Å². The van der Waals surface area contributed by atoms with Gasteiger partial charge in [-0.15, -0.1) is 0 Å². The van der Waals surface area contributed by atoms with Crippen LogP contribution in [0.15, 0.2) is 42.7 Å². The molecule has 0 saturated carbocycles. The molecule has 0 saturated heterocycles. The van der Waals surface area contributed by atoms with Gasteiger partial charge in [-0.1, -0.05) is 24.3 Å². The van der Waals surface area contributed by atoms with Gasteiger partial charge >= 0.3 is 0 Å². The number of hydrogen-bond acceptors (Lipinski definition) is 3. The molecule has 1 aromatic carbocycles. The number of aromatic nitrogens is 4. The first kappa shape index (κ1) is 19.6. The lowest BCUT2D eigenvalue weighted by atomic mass is 10.1. The molecular weight excluding hydrogens is 378 g/mol. The van der Waals surface area contributed by atoms with Crippen molar-refractivity contribution in [3.05, 3.63) is 65.2 Å². The highest BCUT2D eigenvalue weighted by atomic mass is 19.3. The Hall–Kier alpha value is -3.17. The molecule has 6 nitrogen and oxygen atoms in total. The van der Waals surface area contributed by atoms with Gasteiger partial charge in [-0.05, 0) is 24.1 Å². The van der Waals surface area contributed by atoms with E-state index in [2.05, 4.69) is 15.5 Å². The number of rotatable bonds is 7. The maximum Gasteiger partial charge on any atom is 0.282 e. The lowest BCUT2D eigenvalue weighted by Crippen LogP contribution is -2.21. The van der Waals surface area contributed by atoms with Crippen LogP contribution in [0.25, 0.3) is 0 Å². The second-order valence-electron chi connectivity index (χ2n) is 6.15. The average Bonchev–Trinajstić information content (AvgIpc) is 3.24. The van der Waals surface area contributed by atoms with E-state index in [1.165, 1.54) is 6.20 Å². The van der Waals surface area contributed by atoms with Gasteiger partial charge in [-0.3, -0.25) is 14.2 Å². The fraction of sp³-hybridized carbons (Fsp3) is 0.278. The predicted molar refractivity (Wildman–Crippen MR) is 93.3 cm³/mol. The zero-order chi connectivity index (χ0) is 20.3. The Balaban J connectivity index is 1.66. The van der Waals surface area contributed by atoms with E-state index in [0.29, 0.717) is 23.0 Å². The molecule has 2 aromatic heterocycles. The van der Waals surface area contributed by atoms with Crippen LogP contribution in [0.5, 0.6) is 0 Å². The van der Waals surface area contributed by atoms with Crippen molar-refractivity contribution in [2.75, 3.05) is 5.32 Å². The molecule has 0 aliphatic heterocycles. The lowest BCUT2D eigenvalue weighted by Gasteiger charge is -2.07. The van der Waals surface area contributed by atoms with Crippen molar-refractivity contribution < 1.29 is 22.4 Å². The molecule has 0 unspecified atom stereocenters. The summed E-state index contributed by atoms with van der Waals surface area (Å²) in [4.78, 5) is 12.1. The number of aryl methyl sites for hydroxylation is 1. The van der Waals surface area contributed by atoms with Gasteiger partial charge in [-0.2, -0.15) is 10.2 Å². The van der Waals surface area contributed by atoms with Gasteiger partial charge in [0, 0.05) is 6.20 Å².